The van der Waals surface area contributed by atoms with Gasteiger partial charge in [0.05, 0.1) is 6.42 Å². The van der Waals surface area contributed by atoms with Gasteiger partial charge in [0.25, 0.3) is 0 Å². The SMILES string of the molecule is CC(=O)CC(=O)NCC=C(c1ccccc1)c1ccccc1. The first-order valence-electron chi connectivity index (χ1n) is 7.24. The monoisotopic (exact) mass is 293 g/mol. The molecule has 22 heavy (non-hydrogen) atoms. The highest BCUT2D eigenvalue weighted by atomic mass is 16.2. The van der Waals surface area contributed by atoms with Crippen LogP contribution in [0.1, 0.15) is 24.5 Å². The van der Waals surface area contributed by atoms with Gasteiger partial charge in [0.2, 0.25) is 5.91 Å². The van der Waals surface area contributed by atoms with Crippen molar-refractivity contribution in [3.8, 4) is 0 Å². The number of hydrogen-bond acceptors (Lipinski definition) is 2. The van der Waals surface area contributed by atoms with E-state index in [2.05, 4.69) is 5.32 Å². The highest BCUT2D eigenvalue weighted by molar-refractivity contribution is 5.96. The van der Waals surface area contributed by atoms with E-state index in [1.807, 2.05) is 66.7 Å². The third kappa shape index (κ3) is 4.70. The van der Waals surface area contributed by atoms with Gasteiger partial charge in [-0.15, -0.1) is 0 Å². The molecule has 0 aliphatic rings. The third-order valence-corrected chi connectivity index (χ3v) is 3.18. The lowest BCUT2D eigenvalue weighted by atomic mass is 9.97. The van der Waals surface area contributed by atoms with Crippen LogP contribution in [0, 0.1) is 0 Å². The maximum atomic E-state index is 11.5. The van der Waals surface area contributed by atoms with Gasteiger partial charge in [0.15, 0.2) is 0 Å². The third-order valence-electron chi connectivity index (χ3n) is 3.18. The summed E-state index contributed by atoms with van der Waals surface area (Å²) in [5, 5.41) is 2.75. The molecule has 3 heteroatoms. The Morgan fingerprint density at radius 2 is 1.41 bits per heavy atom. The summed E-state index contributed by atoms with van der Waals surface area (Å²) in [7, 11) is 0. The van der Waals surface area contributed by atoms with Crippen molar-refractivity contribution in [1.82, 2.24) is 5.32 Å². The van der Waals surface area contributed by atoms with Crippen LogP contribution in [0.5, 0.6) is 0 Å². The average Bonchev–Trinajstić information content (AvgIpc) is 2.52. The quantitative estimate of drug-likeness (QED) is 0.831. The molecular formula is C19H19NO2. The number of benzene rings is 2. The first kappa shape index (κ1) is 15.7. The fraction of sp³-hybridized carbons (Fsp3) is 0.158. The van der Waals surface area contributed by atoms with Gasteiger partial charge in [-0.3, -0.25) is 9.59 Å². The molecule has 0 aliphatic heterocycles. The first-order chi connectivity index (χ1) is 10.7. The largest absolute Gasteiger partial charge is 0.352 e. The van der Waals surface area contributed by atoms with Gasteiger partial charge in [-0.1, -0.05) is 66.7 Å². The van der Waals surface area contributed by atoms with E-state index in [1.54, 1.807) is 0 Å². The molecule has 0 saturated heterocycles. The van der Waals surface area contributed by atoms with Crippen molar-refractivity contribution in [1.29, 1.82) is 0 Å². The van der Waals surface area contributed by atoms with Crippen molar-refractivity contribution >= 4 is 17.3 Å². The lowest BCUT2D eigenvalue weighted by molar-refractivity contribution is -0.127. The summed E-state index contributed by atoms with van der Waals surface area (Å²) in [6, 6.07) is 20.0. The number of carbonyl (C=O) groups is 2. The molecule has 0 saturated carbocycles. The minimum absolute atomic E-state index is 0.0696. The maximum absolute atomic E-state index is 11.5. The summed E-state index contributed by atoms with van der Waals surface area (Å²) in [6.45, 7) is 1.81. The van der Waals surface area contributed by atoms with Crippen LogP contribution in [0.2, 0.25) is 0 Å². The molecule has 0 spiro atoms. The van der Waals surface area contributed by atoms with Gasteiger partial charge < -0.3 is 5.32 Å². The zero-order valence-corrected chi connectivity index (χ0v) is 12.6. The zero-order valence-electron chi connectivity index (χ0n) is 12.6. The molecule has 0 bridgehead atoms. The molecular weight excluding hydrogens is 274 g/mol. The molecule has 0 aromatic heterocycles. The Hall–Kier alpha value is -2.68. The summed E-state index contributed by atoms with van der Waals surface area (Å²) >= 11 is 0. The average molecular weight is 293 g/mol. The minimum atomic E-state index is -0.246. The van der Waals surface area contributed by atoms with Crippen molar-refractivity contribution in [3.05, 3.63) is 77.9 Å². The standard InChI is InChI=1S/C19H19NO2/c1-15(21)14-19(22)20-13-12-18(16-8-4-2-5-9-16)17-10-6-3-7-11-17/h2-12H,13-14H2,1H3,(H,20,22). The van der Waals surface area contributed by atoms with Crippen molar-refractivity contribution in [2.45, 2.75) is 13.3 Å². The fourth-order valence-electron chi connectivity index (χ4n) is 2.19. The Bertz CT molecular complexity index is 619. The smallest absolute Gasteiger partial charge is 0.227 e. The highest BCUT2D eigenvalue weighted by Crippen LogP contribution is 2.22. The van der Waals surface area contributed by atoms with E-state index in [-0.39, 0.29) is 18.1 Å². The Balaban J connectivity index is 2.17. The lowest BCUT2D eigenvalue weighted by Gasteiger charge is -2.09. The molecule has 3 nitrogen and oxygen atoms in total. The van der Waals surface area contributed by atoms with Crippen LogP contribution < -0.4 is 5.32 Å². The summed E-state index contributed by atoms with van der Waals surface area (Å²) in [5.41, 5.74) is 3.24. The number of Topliss-reactive ketones (excluding diaryl/α,β-unsaturated/α-hetero) is 1. The van der Waals surface area contributed by atoms with E-state index in [0.29, 0.717) is 6.54 Å². The normalized spacial score (nSPS) is 9.86. The minimum Gasteiger partial charge on any atom is -0.352 e. The molecule has 0 fully saturated rings. The number of ketones is 1. The maximum Gasteiger partial charge on any atom is 0.227 e. The summed E-state index contributed by atoms with van der Waals surface area (Å²) < 4.78 is 0. The van der Waals surface area contributed by atoms with Crippen LogP contribution in [0.4, 0.5) is 0 Å². The van der Waals surface area contributed by atoms with Crippen LogP contribution in [0.3, 0.4) is 0 Å². The number of carbonyl (C=O) groups excluding carboxylic acids is 2. The lowest BCUT2D eigenvalue weighted by Crippen LogP contribution is -2.25. The van der Waals surface area contributed by atoms with Gasteiger partial charge in [0, 0.05) is 6.54 Å². The van der Waals surface area contributed by atoms with Crippen molar-refractivity contribution in [3.63, 3.8) is 0 Å². The molecule has 1 amide bonds. The number of hydrogen-bond donors (Lipinski definition) is 1. The van der Waals surface area contributed by atoms with Gasteiger partial charge in [0.1, 0.15) is 5.78 Å². The van der Waals surface area contributed by atoms with Gasteiger partial charge in [-0.2, -0.15) is 0 Å². The molecule has 0 atom stereocenters. The molecule has 2 aromatic rings. The molecule has 2 rings (SSSR count). The Kier molecular flexibility index (Phi) is 5.66. The van der Waals surface area contributed by atoms with Crippen LogP contribution in [-0.2, 0) is 9.59 Å². The summed E-state index contributed by atoms with van der Waals surface area (Å²) in [4.78, 5) is 22.5. The molecule has 2 aromatic carbocycles. The van der Waals surface area contributed by atoms with E-state index in [4.69, 9.17) is 0 Å². The Morgan fingerprint density at radius 1 is 0.909 bits per heavy atom. The molecule has 1 N–H and O–H groups in total. The van der Waals surface area contributed by atoms with E-state index in [0.717, 1.165) is 16.7 Å². The molecule has 0 unspecified atom stereocenters. The number of rotatable bonds is 6. The van der Waals surface area contributed by atoms with Crippen molar-refractivity contribution in [2.24, 2.45) is 0 Å². The van der Waals surface area contributed by atoms with Crippen LogP contribution in [-0.4, -0.2) is 18.2 Å². The zero-order chi connectivity index (χ0) is 15.8. The first-order valence-corrected chi connectivity index (χ1v) is 7.24. The van der Waals surface area contributed by atoms with Gasteiger partial charge in [-0.05, 0) is 23.6 Å². The van der Waals surface area contributed by atoms with Gasteiger partial charge >= 0.3 is 0 Å². The molecule has 0 aliphatic carbocycles. The Labute approximate surface area is 130 Å². The summed E-state index contributed by atoms with van der Waals surface area (Å²) in [6.07, 6.45) is 1.91. The molecule has 112 valence electrons. The summed E-state index contributed by atoms with van der Waals surface area (Å²) in [5.74, 6) is -0.378. The molecule has 0 radical (unpaired) electrons. The second-order valence-electron chi connectivity index (χ2n) is 5.03. The predicted molar refractivity (Wildman–Crippen MR) is 88.3 cm³/mol. The van der Waals surface area contributed by atoms with Crippen molar-refractivity contribution < 1.29 is 9.59 Å². The number of amides is 1. The van der Waals surface area contributed by atoms with Crippen molar-refractivity contribution in [2.75, 3.05) is 6.54 Å². The van der Waals surface area contributed by atoms with Crippen LogP contribution >= 0.6 is 0 Å². The fourth-order valence-corrected chi connectivity index (χ4v) is 2.19. The van der Waals surface area contributed by atoms with Gasteiger partial charge in [-0.25, -0.2) is 0 Å². The predicted octanol–water partition coefficient (Wildman–Crippen LogP) is 3.21. The number of nitrogens with one attached hydrogen (secondary N) is 1. The second kappa shape index (κ2) is 7.93. The van der Waals surface area contributed by atoms with Crippen LogP contribution in [0.15, 0.2) is 66.7 Å². The molecule has 0 heterocycles. The topological polar surface area (TPSA) is 46.2 Å². The Morgan fingerprint density at radius 3 is 1.86 bits per heavy atom. The van der Waals surface area contributed by atoms with E-state index in [9.17, 15) is 9.59 Å². The van der Waals surface area contributed by atoms with E-state index < -0.39 is 0 Å². The second-order valence-corrected chi connectivity index (χ2v) is 5.03. The van der Waals surface area contributed by atoms with E-state index in [1.165, 1.54) is 6.92 Å². The highest BCUT2D eigenvalue weighted by Gasteiger charge is 2.06. The van der Waals surface area contributed by atoms with Crippen LogP contribution in [0.25, 0.3) is 5.57 Å². The van der Waals surface area contributed by atoms with E-state index >= 15 is 0 Å².